The molecule has 1 aliphatic rings. The van der Waals surface area contributed by atoms with Gasteiger partial charge in [0.1, 0.15) is 5.82 Å². The zero-order chi connectivity index (χ0) is 25.6. The topological polar surface area (TPSA) is 72.3 Å². The number of hydrogen-bond acceptors (Lipinski definition) is 4. The van der Waals surface area contributed by atoms with Gasteiger partial charge in [0.15, 0.2) is 5.82 Å². The largest absolute Gasteiger partial charge is 0.339 e. The fourth-order valence-electron chi connectivity index (χ4n) is 5.04. The highest BCUT2D eigenvalue weighted by molar-refractivity contribution is 7.90. The number of rotatable bonds is 4. The molecule has 1 aromatic heterocycles. The number of likely N-dealkylation sites (tertiary alicyclic amines) is 1. The molecule has 0 spiro atoms. The van der Waals surface area contributed by atoms with Crippen molar-refractivity contribution in [1.82, 2.24) is 13.9 Å². The van der Waals surface area contributed by atoms with Crippen molar-refractivity contribution in [3.8, 4) is 11.4 Å². The Morgan fingerprint density at radius 1 is 0.838 bits per heavy atom. The molecule has 0 aliphatic carbocycles. The van der Waals surface area contributed by atoms with E-state index in [1.54, 1.807) is 18.2 Å². The van der Waals surface area contributed by atoms with Crippen LogP contribution in [-0.4, -0.2) is 41.3 Å². The van der Waals surface area contributed by atoms with E-state index in [-0.39, 0.29) is 16.6 Å². The molecule has 1 aliphatic heterocycles. The molecule has 1 fully saturated rings. The molecule has 0 radical (unpaired) electrons. The lowest BCUT2D eigenvalue weighted by Gasteiger charge is -2.26. The lowest BCUT2D eigenvalue weighted by Crippen LogP contribution is -2.35. The van der Waals surface area contributed by atoms with E-state index in [9.17, 15) is 17.6 Å². The van der Waals surface area contributed by atoms with Gasteiger partial charge in [-0.1, -0.05) is 48.5 Å². The summed E-state index contributed by atoms with van der Waals surface area (Å²) in [5.41, 5.74) is 1.79. The van der Waals surface area contributed by atoms with Crippen molar-refractivity contribution < 1.29 is 17.6 Å². The number of carbonyl (C=O) groups excluding carboxylic acids is 1. The average Bonchev–Trinajstić information content (AvgIpc) is 3.32. The van der Waals surface area contributed by atoms with Crippen molar-refractivity contribution in [2.24, 2.45) is 0 Å². The van der Waals surface area contributed by atoms with Gasteiger partial charge in [-0.3, -0.25) is 4.79 Å². The Morgan fingerprint density at radius 2 is 1.59 bits per heavy atom. The van der Waals surface area contributed by atoms with Crippen LogP contribution in [-0.2, 0) is 10.0 Å². The summed E-state index contributed by atoms with van der Waals surface area (Å²) in [5.74, 6) is -0.527. The molecule has 37 heavy (non-hydrogen) atoms. The first kappa shape index (κ1) is 23.4. The van der Waals surface area contributed by atoms with Crippen LogP contribution in [0.15, 0.2) is 89.8 Å². The number of imidazole rings is 1. The van der Waals surface area contributed by atoms with Crippen LogP contribution in [0.3, 0.4) is 0 Å². The molecule has 4 aromatic carbocycles. The molecule has 0 N–H and O–H groups in total. The first-order chi connectivity index (χ1) is 17.9. The van der Waals surface area contributed by atoms with Crippen molar-refractivity contribution in [1.29, 1.82) is 0 Å². The van der Waals surface area contributed by atoms with Gasteiger partial charge >= 0.3 is 0 Å². The van der Waals surface area contributed by atoms with E-state index in [2.05, 4.69) is 0 Å². The Kier molecular flexibility index (Phi) is 5.76. The third kappa shape index (κ3) is 4.07. The van der Waals surface area contributed by atoms with Gasteiger partial charge in [-0.15, -0.1) is 0 Å². The Balaban J connectivity index is 1.60. The summed E-state index contributed by atoms with van der Waals surface area (Å²) in [7, 11) is -4.23. The fourth-order valence-corrected chi connectivity index (χ4v) is 6.54. The van der Waals surface area contributed by atoms with Gasteiger partial charge in [0.25, 0.3) is 15.9 Å². The maximum absolute atomic E-state index is 14.1. The van der Waals surface area contributed by atoms with Gasteiger partial charge in [0, 0.05) is 24.2 Å². The van der Waals surface area contributed by atoms with Gasteiger partial charge in [-0.25, -0.2) is 21.8 Å². The SMILES string of the molecule is O=C(c1ccc2c(c1)nc(-c1cccc3ccccc13)n2S(=O)(=O)c1cccc(F)c1)N1CCCCC1. The molecule has 1 amide bonds. The highest BCUT2D eigenvalue weighted by Gasteiger charge is 2.27. The minimum atomic E-state index is -4.23. The predicted molar refractivity (Wildman–Crippen MR) is 141 cm³/mol. The lowest BCUT2D eigenvalue weighted by molar-refractivity contribution is 0.0724. The summed E-state index contributed by atoms with van der Waals surface area (Å²) in [5, 5.41) is 1.77. The number of amides is 1. The van der Waals surface area contributed by atoms with E-state index >= 15 is 0 Å². The predicted octanol–water partition coefficient (Wildman–Crippen LogP) is 5.86. The molecule has 5 aromatic rings. The van der Waals surface area contributed by atoms with Crippen LogP contribution in [0.4, 0.5) is 4.39 Å². The minimum absolute atomic E-state index is 0.0872. The number of aromatic nitrogens is 2. The molecule has 0 bridgehead atoms. The quantitative estimate of drug-likeness (QED) is 0.302. The standard InChI is InChI=1S/C29H24FN3O3S/c30-22-10-7-11-23(19-22)37(35,36)33-27-15-14-21(29(34)32-16-4-1-5-17-32)18-26(27)31-28(33)25-13-6-9-20-8-2-3-12-24(20)25/h2-3,6-15,18-19H,1,4-5,16-17H2. The number of halogens is 1. The maximum atomic E-state index is 14.1. The first-order valence-corrected chi connectivity index (χ1v) is 13.7. The summed E-state index contributed by atoms with van der Waals surface area (Å²) in [6.45, 7) is 1.42. The third-order valence-corrected chi connectivity index (χ3v) is 8.57. The van der Waals surface area contributed by atoms with Crippen LogP contribution >= 0.6 is 0 Å². The van der Waals surface area contributed by atoms with Gasteiger partial charge in [-0.2, -0.15) is 0 Å². The average molecular weight is 514 g/mol. The summed E-state index contributed by atoms with van der Waals surface area (Å²) < 4.78 is 43.1. The summed E-state index contributed by atoms with van der Waals surface area (Å²) >= 11 is 0. The molecule has 186 valence electrons. The number of hydrogen-bond donors (Lipinski definition) is 0. The molecule has 2 heterocycles. The highest BCUT2D eigenvalue weighted by atomic mass is 32.2. The Hall–Kier alpha value is -4.04. The summed E-state index contributed by atoms with van der Waals surface area (Å²) in [6, 6.07) is 23.1. The monoisotopic (exact) mass is 513 g/mol. The molecule has 6 nitrogen and oxygen atoms in total. The molecule has 8 heteroatoms. The first-order valence-electron chi connectivity index (χ1n) is 12.2. The molecule has 0 saturated carbocycles. The normalized spacial score (nSPS) is 14.4. The highest BCUT2D eigenvalue weighted by Crippen LogP contribution is 2.34. The van der Waals surface area contributed by atoms with E-state index in [0.717, 1.165) is 40.1 Å². The minimum Gasteiger partial charge on any atom is -0.339 e. The number of benzene rings is 4. The molecule has 1 saturated heterocycles. The zero-order valence-corrected chi connectivity index (χ0v) is 20.8. The second-order valence-electron chi connectivity index (χ2n) is 9.25. The van der Waals surface area contributed by atoms with Crippen LogP contribution in [0.1, 0.15) is 29.6 Å². The summed E-state index contributed by atoms with van der Waals surface area (Å²) in [6.07, 6.45) is 3.05. The zero-order valence-electron chi connectivity index (χ0n) is 20.0. The van der Waals surface area contributed by atoms with Gasteiger partial charge in [0.05, 0.1) is 15.9 Å². The second-order valence-corrected chi connectivity index (χ2v) is 11.0. The van der Waals surface area contributed by atoms with Crippen LogP contribution in [0, 0.1) is 5.82 Å². The van der Waals surface area contributed by atoms with Crippen LogP contribution in [0.2, 0.25) is 0 Å². The summed E-state index contributed by atoms with van der Waals surface area (Å²) in [4.78, 5) is 19.6. The third-order valence-electron chi connectivity index (χ3n) is 6.87. The number of nitrogens with zero attached hydrogens (tertiary/aromatic N) is 3. The molecule has 6 rings (SSSR count). The van der Waals surface area contributed by atoms with E-state index in [1.807, 2.05) is 47.4 Å². The Bertz CT molecular complexity index is 1770. The Morgan fingerprint density at radius 3 is 2.41 bits per heavy atom. The maximum Gasteiger partial charge on any atom is 0.270 e. The number of fused-ring (bicyclic) bond motifs is 2. The molecular formula is C29H24FN3O3S. The van der Waals surface area contributed by atoms with E-state index < -0.39 is 15.8 Å². The number of carbonyl (C=O) groups is 1. The van der Waals surface area contributed by atoms with Gasteiger partial charge < -0.3 is 4.90 Å². The fraction of sp³-hybridized carbons (Fsp3) is 0.172. The molecular weight excluding hydrogens is 489 g/mol. The lowest BCUT2D eigenvalue weighted by atomic mass is 10.0. The van der Waals surface area contributed by atoms with E-state index in [0.29, 0.717) is 35.2 Å². The molecule has 0 atom stereocenters. The van der Waals surface area contributed by atoms with Crippen molar-refractivity contribution in [3.63, 3.8) is 0 Å². The van der Waals surface area contributed by atoms with Crippen LogP contribution in [0.5, 0.6) is 0 Å². The van der Waals surface area contributed by atoms with Crippen molar-refractivity contribution >= 4 is 37.7 Å². The van der Waals surface area contributed by atoms with Gasteiger partial charge in [0.2, 0.25) is 0 Å². The van der Waals surface area contributed by atoms with Crippen LogP contribution in [0.25, 0.3) is 33.2 Å². The number of piperidine rings is 1. The Labute approximate surface area is 214 Å². The van der Waals surface area contributed by atoms with Crippen LogP contribution < -0.4 is 0 Å². The van der Waals surface area contributed by atoms with Crippen molar-refractivity contribution in [2.45, 2.75) is 24.2 Å². The van der Waals surface area contributed by atoms with Gasteiger partial charge in [-0.05, 0) is 66.4 Å². The van der Waals surface area contributed by atoms with Crippen molar-refractivity contribution in [3.05, 3.63) is 96.3 Å². The van der Waals surface area contributed by atoms with E-state index in [1.165, 1.54) is 18.2 Å². The molecule has 0 unspecified atom stereocenters. The van der Waals surface area contributed by atoms with Crippen molar-refractivity contribution in [2.75, 3.05) is 13.1 Å². The second kappa shape index (κ2) is 9.12. The smallest absolute Gasteiger partial charge is 0.270 e. The van der Waals surface area contributed by atoms with E-state index in [4.69, 9.17) is 4.98 Å².